The average molecular weight is 269 g/mol. The predicted octanol–water partition coefficient (Wildman–Crippen LogP) is 5.82. The second-order valence-electron chi connectivity index (χ2n) is 5.73. The van der Waals surface area contributed by atoms with Gasteiger partial charge < -0.3 is 5.32 Å². The van der Waals surface area contributed by atoms with Crippen molar-refractivity contribution in [1.82, 2.24) is 5.32 Å². The van der Waals surface area contributed by atoms with Crippen molar-refractivity contribution in [2.24, 2.45) is 0 Å². The van der Waals surface area contributed by atoms with Gasteiger partial charge in [-0.2, -0.15) is 0 Å². The van der Waals surface area contributed by atoms with Gasteiger partial charge in [-0.15, -0.1) is 11.8 Å². The van der Waals surface area contributed by atoms with Crippen LogP contribution >= 0.6 is 11.8 Å². The van der Waals surface area contributed by atoms with E-state index in [0.29, 0.717) is 4.87 Å². The van der Waals surface area contributed by atoms with Crippen LogP contribution in [-0.2, 0) is 0 Å². The van der Waals surface area contributed by atoms with Gasteiger partial charge in [-0.3, -0.25) is 0 Å². The van der Waals surface area contributed by atoms with Crippen LogP contribution in [0.3, 0.4) is 0 Å². The van der Waals surface area contributed by atoms with Crippen LogP contribution in [0.5, 0.6) is 0 Å². The molecule has 0 saturated carbocycles. The normalized spacial score (nSPS) is 22.3. The van der Waals surface area contributed by atoms with Gasteiger partial charge in [0.25, 0.3) is 0 Å². The van der Waals surface area contributed by atoms with Gasteiger partial charge in [-0.05, 0) is 18.8 Å². The Morgan fingerprint density at radius 1 is 0.889 bits per heavy atom. The maximum Gasteiger partial charge on any atom is 0.0841 e. The summed E-state index contributed by atoms with van der Waals surface area (Å²) in [5.74, 6) is 0. The zero-order valence-electron chi connectivity index (χ0n) is 12.3. The second kappa shape index (κ2) is 9.77. The summed E-state index contributed by atoms with van der Waals surface area (Å²) in [6, 6.07) is 0. The van der Waals surface area contributed by atoms with Crippen LogP contribution in [0.25, 0.3) is 0 Å². The van der Waals surface area contributed by atoms with Gasteiger partial charge in [0.2, 0.25) is 0 Å². The Morgan fingerprint density at radius 2 is 1.44 bits per heavy atom. The lowest BCUT2D eigenvalue weighted by Gasteiger charge is -2.23. The fourth-order valence-corrected chi connectivity index (χ4v) is 3.34. The van der Waals surface area contributed by atoms with Gasteiger partial charge in [0.15, 0.2) is 0 Å². The third-order valence-corrected chi connectivity index (χ3v) is 4.91. The molecule has 1 aliphatic heterocycles. The molecule has 0 amide bonds. The molecule has 0 aromatic carbocycles. The Bertz CT molecular complexity index is 217. The van der Waals surface area contributed by atoms with E-state index in [1.54, 1.807) is 0 Å². The molecule has 0 saturated heterocycles. The molecule has 2 heteroatoms. The summed E-state index contributed by atoms with van der Waals surface area (Å²) in [4.78, 5) is 0.292. The van der Waals surface area contributed by atoms with E-state index >= 15 is 0 Å². The minimum Gasteiger partial charge on any atom is -0.376 e. The Kier molecular flexibility index (Phi) is 8.66. The van der Waals surface area contributed by atoms with Crippen molar-refractivity contribution in [2.45, 2.75) is 89.3 Å². The number of nitrogens with one attached hydrogen (secondary N) is 1. The van der Waals surface area contributed by atoms with Crippen molar-refractivity contribution in [1.29, 1.82) is 0 Å². The highest BCUT2D eigenvalue weighted by atomic mass is 32.2. The van der Waals surface area contributed by atoms with Crippen molar-refractivity contribution in [3.8, 4) is 0 Å². The number of hydrogen-bond acceptors (Lipinski definition) is 2. The summed E-state index contributed by atoms with van der Waals surface area (Å²) in [6.45, 7) is 4.60. The minimum absolute atomic E-state index is 0.292. The van der Waals surface area contributed by atoms with Crippen LogP contribution in [0.4, 0.5) is 0 Å². The SMILES string of the molecule is CCCCCCCCCCCCC1(C)NC=CS1. The lowest BCUT2D eigenvalue weighted by atomic mass is 10.0. The Hall–Kier alpha value is -0.110. The topological polar surface area (TPSA) is 12.0 Å². The predicted molar refractivity (Wildman–Crippen MR) is 84.7 cm³/mol. The summed E-state index contributed by atoms with van der Waals surface area (Å²) < 4.78 is 0. The maximum absolute atomic E-state index is 3.45. The van der Waals surface area contributed by atoms with E-state index in [1.807, 2.05) is 11.8 Å². The van der Waals surface area contributed by atoms with E-state index in [-0.39, 0.29) is 0 Å². The molecule has 0 radical (unpaired) electrons. The maximum atomic E-state index is 3.45. The summed E-state index contributed by atoms with van der Waals surface area (Å²) >= 11 is 1.93. The Morgan fingerprint density at radius 3 is 1.94 bits per heavy atom. The van der Waals surface area contributed by atoms with Gasteiger partial charge in [0, 0.05) is 6.20 Å². The van der Waals surface area contributed by atoms with Gasteiger partial charge in [-0.25, -0.2) is 0 Å². The lowest BCUT2D eigenvalue weighted by molar-refractivity contribution is 0.488. The van der Waals surface area contributed by atoms with Crippen LogP contribution in [0.2, 0.25) is 0 Å². The van der Waals surface area contributed by atoms with Crippen LogP contribution in [-0.4, -0.2) is 4.87 Å². The summed E-state index contributed by atoms with van der Waals surface area (Å²) in [5.41, 5.74) is 0. The molecule has 1 atom stereocenters. The molecule has 106 valence electrons. The van der Waals surface area contributed by atoms with Crippen LogP contribution in [0.15, 0.2) is 11.6 Å². The summed E-state index contributed by atoms with van der Waals surface area (Å²) in [5, 5.41) is 5.62. The zero-order chi connectivity index (χ0) is 13.1. The van der Waals surface area contributed by atoms with Crippen LogP contribution in [0, 0.1) is 0 Å². The molecule has 1 rings (SSSR count). The first-order chi connectivity index (χ1) is 8.77. The molecule has 0 aromatic heterocycles. The first-order valence-corrected chi connectivity index (χ1v) is 8.75. The van der Waals surface area contributed by atoms with Crippen molar-refractivity contribution in [3.05, 3.63) is 11.6 Å². The molecule has 1 heterocycles. The van der Waals surface area contributed by atoms with Gasteiger partial charge >= 0.3 is 0 Å². The van der Waals surface area contributed by atoms with E-state index in [4.69, 9.17) is 0 Å². The smallest absolute Gasteiger partial charge is 0.0841 e. The Balaban J connectivity index is 1.79. The highest BCUT2D eigenvalue weighted by molar-refractivity contribution is 8.03. The molecular weight excluding hydrogens is 238 g/mol. The van der Waals surface area contributed by atoms with Gasteiger partial charge in [-0.1, -0.05) is 71.1 Å². The van der Waals surface area contributed by atoms with Crippen molar-refractivity contribution in [3.63, 3.8) is 0 Å². The molecule has 0 fully saturated rings. The number of hydrogen-bond donors (Lipinski definition) is 1. The molecule has 0 spiro atoms. The van der Waals surface area contributed by atoms with E-state index < -0.39 is 0 Å². The van der Waals surface area contributed by atoms with E-state index in [9.17, 15) is 0 Å². The van der Waals surface area contributed by atoms with Crippen LogP contribution < -0.4 is 5.32 Å². The molecule has 1 N–H and O–H groups in total. The first kappa shape index (κ1) is 15.9. The van der Waals surface area contributed by atoms with Crippen LogP contribution in [0.1, 0.15) is 84.5 Å². The molecule has 0 aliphatic carbocycles. The largest absolute Gasteiger partial charge is 0.376 e. The molecule has 1 unspecified atom stereocenters. The lowest BCUT2D eigenvalue weighted by Crippen LogP contribution is -2.31. The third-order valence-electron chi connectivity index (χ3n) is 3.79. The van der Waals surface area contributed by atoms with E-state index in [0.717, 1.165) is 0 Å². The third kappa shape index (κ3) is 7.35. The number of thioether (sulfide) groups is 1. The van der Waals surface area contributed by atoms with Crippen molar-refractivity contribution in [2.75, 3.05) is 0 Å². The standard InChI is InChI=1S/C16H31NS/c1-3-4-5-6-7-8-9-10-11-12-13-16(2)17-14-15-18-16/h14-15,17H,3-13H2,1-2H3. The molecule has 1 aliphatic rings. The molecule has 18 heavy (non-hydrogen) atoms. The van der Waals surface area contributed by atoms with E-state index in [1.165, 1.54) is 70.6 Å². The Labute approximate surface area is 118 Å². The highest BCUT2D eigenvalue weighted by Crippen LogP contribution is 2.32. The van der Waals surface area contributed by atoms with E-state index in [2.05, 4.69) is 30.8 Å². The molecule has 1 nitrogen and oxygen atoms in total. The fourth-order valence-electron chi connectivity index (χ4n) is 2.51. The highest BCUT2D eigenvalue weighted by Gasteiger charge is 2.24. The monoisotopic (exact) mass is 269 g/mol. The quantitative estimate of drug-likeness (QED) is 0.474. The summed E-state index contributed by atoms with van der Waals surface area (Å²) in [7, 11) is 0. The van der Waals surface area contributed by atoms with Gasteiger partial charge in [0.05, 0.1) is 4.87 Å². The zero-order valence-corrected chi connectivity index (χ0v) is 13.2. The number of rotatable bonds is 11. The van der Waals surface area contributed by atoms with Gasteiger partial charge in [0.1, 0.15) is 0 Å². The average Bonchev–Trinajstić information content (AvgIpc) is 2.79. The minimum atomic E-state index is 0.292. The molecule has 0 bridgehead atoms. The summed E-state index contributed by atoms with van der Waals surface area (Å²) in [6.07, 6.45) is 17.6. The van der Waals surface area contributed by atoms with Crippen molar-refractivity contribution < 1.29 is 0 Å². The number of unbranched alkanes of at least 4 members (excludes halogenated alkanes) is 9. The fraction of sp³-hybridized carbons (Fsp3) is 0.875. The van der Waals surface area contributed by atoms with Crippen molar-refractivity contribution >= 4 is 11.8 Å². The first-order valence-electron chi connectivity index (χ1n) is 7.87. The second-order valence-corrected chi connectivity index (χ2v) is 7.14. The molecular formula is C16H31NS. The molecule has 0 aromatic rings.